The summed E-state index contributed by atoms with van der Waals surface area (Å²) >= 11 is -0.826. The Balaban J connectivity index is 0.000000233. The van der Waals surface area contributed by atoms with Gasteiger partial charge in [-0.1, -0.05) is 86.0 Å². The van der Waals surface area contributed by atoms with Crippen LogP contribution in [-0.4, -0.2) is 0 Å². The molecule has 3 rings (SSSR count). The normalized spacial score (nSPS) is 14.0. The average molecular weight is 473 g/mol. The number of hydrogen-bond donors (Lipinski definition) is 0. The summed E-state index contributed by atoms with van der Waals surface area (Å²) in [6.07, 6.45) is 8.37. The zero-order valence-corrected chi connectivity index (χ0v) is 21.3. The Morgan fingerprint density at radius 2 is 1.50 bits per heavy atom. The van der Waals surface area contributed by atoms with Crippen molar-refractivity contribution >= 4 is 17.0 Å². The molecule has 0 aromatic heterocycles. The minimum absolute atomic E-state index is 0.826. The molecule has 26 heavy (non-hydrogen) atoms. The van der Waals surface area contributed by atoms with Gasteiger partial charge in [0.25, 0.3) is 0 Å². The fourth-order valence-corrected chi connectivity index (χ4v) is 3.83. The van der Waals surface area contributed by atoms with E-state index >= 15 is 0 Å². The van der Waals surface area contributed by atoms with E-state index in [9.17, 15) is 0 Å². The molecular weight excluding hydrogens is 438 g/mol. The van der Waals surface area contributed by atoms with E-state index in [1.165, 1.54) is 71.9 Å². The van der Waals surface area contributed by atoms with E-state index in [2.05, 4.69) is 59.7 Å². The fraction of sp³-hybridized carbons (Fsp3) is 0.565. The molecule has 2 aromatic rings. The van der Waals surface area contributed by atoms with Crippen LogP contribution in [0.3, 0.4) is 0 Å². The van der Waals surface area contributed by atoms with Gasteiger partial charge in [-0.25, -0.2) is 6.07 Å². The SMILES string of the molecule is CC[c-]1ccc(C2CCCCC2)c1.Cc1c(C)c(C)[c-](C)c1C.[Cl][Zr+2][Cl]. The van der Waals surface area contributed by atoms with Crippen LogP contribution in [0.4, 0.5) is 0 Å². The van der Waals surface area contributed by atoms with Gasteiger partial charge in [-0.05, 0) is 0 Å². The Morgan fingerprint density at radius 1 is 1.00 bits per heavy atom. The first kappa shape index (κ1) is 24.2. The van der Waals surface area contributed by atoms with Crippen molar-refractivity contribution in [2.75, 3.05) is 0 Å². The third-order valence-corrected chi connectivity index (χ3v) is 6.14. The van der Waals surface area contributed by atoms with E-state index in [0.717, 1.165) is 5.92 Å². The average Bonchev–Trinajstić information content (AvgIpc) is 3.21. The van der Waals surface area contributed by atoms with E-state index in [1.807, 2.05) is 0 Å². The Bertz CT molecular complexity index is 565. The first-order valence-corrected chi connectivity index (χ1v) is 16.1. The van der Waals surface area contributed by atoms with Gasteiger partial charge in [0, 0.05) is 0 Å². The molecule has 0 saturated heterocycles. The van der Waals surface area contributed by atoms with Crippen molar-refractivity contribution in [1.82, 2.24) is 0 Å². The predicted octanol–water partition coefficient (Wildman–Crippen LogP) is 8.34. The third kappa shape index (κ3) is 6.96. The van der Waals surface area contributed by atoms with Crippen LogP contribution in [0.25, 0.3) is 0 Å². The molecule has 0 atom stereocenters. The Kier molecular flexibility index (Phi) is 11.7. The van der Waals surface area contributed by atoms with Crippen LogP contribution < -0.4 is 0 Å². The number of rotatable bonds is 2. The van der Waals surface area contributed by atoms with Crippen molar-refractivity contribution in [2.24, 2.45) is 0 Å². The molecule has 1 aliphatic carbocycles. The molecule has 144 valence electrons. The van der Waals surface area contributed by atoms with Crippen molar-refractivity contribution in [3.8, 4) is 0 Å². The first-order chi connectivity index (χ1) is 12.4. The molecule has 0 heterocycles. The van der Waals surface area contributed by atoms with Crippen molar-refractivity contribution in [2.45, 2.75) is 86.0 Å². The standard InChI is InChI=1S/C13H19.C10H15.2ClH.Zr/c1-2-11-8-9-13(10-11)12-6-4-3-5-7-12;1-6-7(2)9(4)10(5)8(6)3;;;/h8-10,12H,2-7H2,1H3;1-5H3;2*1H;/q2*-1;;;+4/p-2. The summed E-state index contributed by atoms with van der Waals surface area (Å²) in [7, 11) is 9.87. The molecule has 1 fully saturated rings. The Morgan fingerprint density at radius 3 is 1.85 bits per heavy atom. The summed E-state index contributed by atoms with van der Waals surface area (Å²) in [5, 5.41) is 0. The number of aryl methyl sites for hydroxylation is 1. The van der Waals surface area contributed by atoms with Gasteiger partial charge >= 0.3 is 37.9 Å². The van der Waals surface area contributed by atoms with Gasteiger partial charge in [-0.2, -0.15) is 51.1 Å². The van der Waals surface area contributed by atoms with Crippen molar-refractivity contribution in [1.29, 1.82) is 0 Å². The van der Waals surface area contributed by atoms with E-state index < -0.39 is 20.8 Å². The van der Waals surface area contributed by atoms with E-state index in [1.54, 1.807) is 5.56 Å². The van der Waals surface area contributed by atoms with Crippen molar-refractivity contribution in [3.63, 3.8) is 0 Å². The van der Waals surface area contributed by atoms with Crippen LogP contribution in [0.5, 0.6) is 0 Å². The monoisotopic (exact) mass is 470 g/mol. The molecular formula is C23H34Cl2Zr. The maximum atomic E-state index is 4.93. The quantitative estimate of drug-likeness (QED) is 0.385. The molecule has 0 amide bonds. The van der Waals surface area contributed by atoms with E-state index in [-0.39, 0.29) is 0 Å². The molecule has 0 nitrogen and oxygen atoms in total. The second-order valence-corrected chi connectivity index (χ2v) is 11.2. The molecule has 0 spiro atoms. The van der Waals surface area contributed by atoms with Crippen molar-refractivity contribution < 1.29 is 20.8 Å². The zero-order valence-electron chi connectivity index (χ0n) is 17.3. The zero-order chi connectivity index (χ0) is 19.7. The Labute approximate surface area is 180 Å². The predicted molar refractivity (Wildman–Crippen MR) is 115 cm³/mol. The van der Waals surface area contributed by atoms with Crippen molar-refractivity contribution in [3.05, 3.63) is 57.1 Å². The molecule has 0 N–H and O–H groups in total. The second kappa shape index (κ2) is 12.6. The molecule has 0 radical (unpaired) electrons. The van der Waals surface area contributed by atoms with Gasteiger partial charge < -0.3 is 0 Å². The van der Waals surface area contributed by atoms with Gasteiger partial charge in [-0.15, -0.1) is 0 Å². The molecule has 0 unspecified atom stereocenters. The molecule has 1 aliphatic rings. The summed E-state index contributed by atoms with van der Waals surface area (Å²) in [5.41, 5.74) is 10.5. The molecule has 3 heteroatoms. The van der Waals surface area contributed by atoms with Crippen LogP contribution in [0.15, 0.2) is 18.2 Å². The van der Waals surface area contributed by atoms with Crippen LogP contribution in [0, 0.1) is 34.6 Å². The van der Waals surface area contributed by atoms with Gasteiger partial charge in [0.1, 0.15) is 0 Å². The Hall–Kier alpha value is 0.163. The van der Waals surface area contributed by atoms with Crippen LogP contribution in [-0.2, 0) is 27.3 Å². The number of hydrogen-bond acceptors (Lipinski definition) is 0. The van der Waals surface area contributed by atoms with Gasteiger partial charge in [-0.3, -0.25) is 0 Å². The van der Waals surface area contributed by atoms with E-state index in [0.29, 0.717) is 0 Å². The summed E-state index contributed by atoms with van der Waals surface area (Å²) in [5.74, 6) is 0.883. The maximum absolute atomic E-state index is 4.93. The van der Waals surface area contributed by atoms with Crippen LogP contribution >= 0.6 is 17.0 Å². The summed E-state index contributed by atoms with van der Waals surface area (Å²) < 4.78 is 0. The minimum atomic E-state index is -0.826. The first-order valence-electron chi connectivity index (χ1n) is 9.78. The fourth-order valence-electron chi connectivity index (χ4n) is 3.83. The summed E-state index contributed by atoms with van der Waals surface area (Å²) in [6.45, 7) is 13.2. The topological polar surface area (TPSA) is 0 Å². The van der Waals surface area contributed by atoms with Gasteiger partial charge in [0.15, 0.2) is 0 Å². The van der Waals surface area contributed by atoms with Gasteiger partial charge in [0.05, 0.1) is 0 Å². The molecule has 0 aliphatic heterocycles. The third-order valence-electron chi connectivity index (χ3n) is 6.14. The molecule has 2 aromatic carbocycles. The summed E-state index contributed by atoms with van der Waals surface area (Å²) in [4.78, 5) is 0. The van der Waals surface area contributed by atoms with E-state index in [4.69, 9.17) is 17.0 Å². The molecule has 0 bridgehead atoms. The molecule has 1 saturated carbocycles. The van der Waals surface area contributed by atoms with Crippen LogP contribution in [0.2, 0.25) is 0 Å². The summed E-state index contributed by atoms with van der Waals surface area (Å²) in [6, 6.07) is 7.05. The second-order valence-electron chi connectivity index (χ2n) is 7.44. The number of halogens is 2. The van der Waals surface area contributed by atoms with Crippen LogP contribution in [0.1, 0.15) is 83.9 Å². The van der Waals surface area contributed by atoms with Gasteiger partial charge in [0.2, 0.25) is 0 Å².